The van der Waals surface area contributed by atoms with Crippen LogP contribution in [0.1, 0.15) is 5.69 Å². The van der Waals surface area contributed by atoms with Gasteiger partial charge in [-0.25, -0.2) is 0 Å². The first kappa shape index (κ1) is 9.27. The Hall–Kier alpha value is -2.69. The van der Waals surface area contributed by atoms with Gasteiger partial charge in [-0.2, -0.15) is 0 Å². The third-order valence-corrected chi connectivity index (χ3v) is 3.67. The maximum absolute atomic E-state index is 6.00. The monoisotopic (exact) mass is 249 g/mol. The van der Waals surface area contributed by atoms with Gasteiger partial charge in [-0.05, 0) is 12.1 Å². The van der Waals surface area contributed by atoms with E-state index >= 15 is 0 Å². The summed E-state index contributed by atoms with van der Waals surface area (Å²) in [5, 5.41) is 0. The second-order valence-electron chi connectivity index (χ2n) is 4.70. The molecule has 4 aromatic heterocycles. The van der Waals surface area contributed by atoms with Gasteiger partial charge >= 0.3 is 5.89 Å². The van der Waals surface area contributed by atoms with Crippen molar-refractivity contribution >= 4 is 16.6 Å². The van der Waals surface area contributed by atoms with Crippen LogP contribution >= 0.6 is 0 Å². The van der Waals surface area contributed by atoms with Crippen LogP contribution in [-0.4, -0.2) is 14.4 Å². The maximum atomic E-state index is 6.00. The Morgan fingerprint density at radius 1 is 1.32 bits per heavy atom. The van der Waals surface area contributed by atoms with Crippen LogP contribution < -0.4 is 4.57 Å². The van der Waals surface area contributed by atoms with Crippen LogP contribution in [0, 0.1) is 0 Å². The molecule has 0 amide bonds. The number of hydrogen-bond acceptors (Lipinski definition) is 3. The number of oxazole rings is 1. The van der Waals surface area contributed by atoms with Crippen LogP contribution in [0.15, 0.2) is 47.5 Å². The quantitative estimate of drug-likeness (QED) is 0.393. The van der Waals surface area contributed by atoms with Gasteiger partial charge in [0, 0.05) is 18.6 Å². The summed E-state index contributed by atoms with van der Waals surface area (Å²) in [7, 11) is 0. The maximum Gasteiger partial charge on any atom is 0.384 e. The molecule has 0 bridgehead atoms. The average molecular weight is 249 g/mol. The smallest absolute Gasteiger partial charge is 0.384 e. The Bertz CT molecular complexity index is 951. The van der Waals surface area contributed by atoms with Gasteiger partial charge in [-0.3, -0.25) is 9.97 Å². The van der Waals surface area contributed by atoms with Gasteiger partial charge in [-0.15, -0.1) is 4.57 Å². The fraction of sp³-hybridized carbons (Fsp3) is 0.0714. The molecule has 5 heteroatoms. The Labute approximate surface area is 107 Å². The summed E-state index contributed by atoms with van der Waals surface area (Å²) in [4.78, 5) is 8.61. The van der Waals surface area contributed by atoms with Crippen molar-refractivity contribution in [2.45, 2.75) is 6.54 Å². The molecule has 90 valence electrons. The third kappa shape index (κ3) is 1.03. The third-order valence-electron chi connectivity index (χ3n) is 3.67. The number of hydrogen-bond donors (Lipinski definition) is 0. The van der Waals surface area contributed by atoms with Gasteiger partial charge in [0.25, 0.3) is 5.52 Å². The largest absolute Gasteiger partial charge is 0.396 e. The molecule has 0 unspecified atom stereocenters. The first-order valence-electron chi connectivity index (χ1n) is 6.13. The lowest BCUT2D eigenvalue weighted by Gasteiger charge is -1.89. The van der Waals surface area contributed by atoms with Crippen LogP contribution in [0.3, 0.4) is 0 Å². The van der Waals surface area contributed by atoms with Crippen molar-refractivity contribution in [2.75, 3.05) is 0 Å². The van der Waals surface area contributed by atoms with Gasteiger partial charge in [0.2, 0.25) is 5.58 Å². The molecule has 0 aromatic carbocycles. The van der Waals surface area contributed by atoms with Crippen molar-refractivity contribution in [3.63, 3.8) is 0 Å². The fourth-order valence-corrected chi connectivity index (χ4v) is 2.85. The highest BCUT2D eigenvalue weighted by molar-refractivity contribution is 5.88. The van der Waals surface area contributed by atoms with E-state index in [1.807, 2.05) is 35.3 Å². The van der Waals surface area contributed by atoms with Gasteiger partial charge in [0.05, 0.1) is 12.4 Å². The van der Waals surface area contributed by atoms with E-state index in [0.717, 1.165) is 40.3 Å². The van der Waals surface area contributed by atoms with Gasteiger partial charge < -0.3 is 8.82 Å². The number of pyridine rings is 1. The topological polar surface area (TPSA) is 47.2 Å². The first-order valence-corrected chi connectivity index (χ1v) is 6.13. The zero-order valence-corrected chi connectivity index (χ0v) is 9.95. The molecule has 0 fully saturated rings. The molecule has 0 N–H and O–H groups in total. The second-order valence-corrected chi connectivity index (χ2v) is 4.70. The van der Waals surface area contributed by atoms with Crippen molar-refractivity contribution in [3.8, 4) is 11.5 Å². The normalized spacial score (nSPS) is 13.1. The Morgan fingerprint density at radius 2 is 2.32 bits per heavy atom. The Balaban J connectivity index is 1.94. The number of aromatic nitrogens is 4. The van der Waals surface area contributed by atoms with Crippen molar-refractivity contribution in [3.05, 3.63) is 48.8 Å². The summed E-state index contributed by atoms with van der Waals surface area (Å²) in [6, 6.07) is 3.99. The minimum absolute atomic E-state index is 0.757. The first-order chi connectivity index (χ1) is 9.42. The standard InChI is InChI=1S/C14H9N4O/c1-2-9-10(16-3-1)7-18-13-11-6-15-4-5-17(11)8-12(13)19-14(9)18/h1-6,8H,7H2/q+1. The Kier molecular flexibility index (Phi) is 1.46. The lowest BCUT2D eigenvalue weighted by Crippen LogP contribution is -2.30. The zero-order chi connectivity index (χ0) is 12.4. The number of nitrogens with zero attached hydrogens (tertiary/aromatic N) is 4. The van der Waals surface area contributed by atoms with Crippen LogP contribution in [0.5, 0.6) is 0 Å². The van der Waals surface area contributed by atoms with E-state index in [-0.39, 0.29) is 0 Å². The molecule has 0 radical (unpaired) electrons. The van der Waals surface area contributed by atoms with Gasteiger partial charge in [0.1, 0.15) is 16.8 Å². The fourth-order valence-electron chi connectivity index (χ4n) is 2.85. The van der Waals surface area contributed by atoms with E-state index in [0.29, 0.717) is 0 Å². The van der Waals surface area contributed by atoms with Crippen molar-refractivity contribution in [1.82, 2.24) is 14.4 Å². The molecule has 1 aliphatic heterocycles. The van der Waals surface area contributed by atoms with E-state index in [1.165, 1.54) is 0 Å². The summed E-state index contributed by atoms with van der Waals surface area (Å²) in [5.41, 5.74) is 5.17. The summed E-state index contributed by atoms with van der Waals surface area (Å²) in [6.07, 6.45) is 9.38. The average Bonchev–Trinajstić information content (AvgIpc) is 3.05. The molecule has 4 aromatic rings. The highest BCUT2D eigenvalue weighted by atomic mass is 16.4. The Morgan fingerprint density at radius 3 is 3.32 bits per heavy atom. The number of rotatable bonds is 0. The van der Waals surface area contributed by atoms with Crippen molar-refractivity contribution < 1.29 is 8.98 Å². The van der Waals surface area contributed by atoms with Crippen LogP contribution in [0.25, 0.3) is 28.1 Å². The molecule has 5 rings (SSSR count). The predicted molar refractivity (Wildman–Crippen MR) is 67.5 cm³/mol. The molecule has 0 saturated carbocycles. The number of fused-ring (bicyclic) bond motifs is 7. The zero-order valence-electron chi connectivity index (χ0n) is 9.95. The molecule has 1 aliphatic rings. The van der Waals surface area contributed by atoms with Crippen LogP contribution in [0.2, 0.25) is 0 Å². The molecule has 0 aliphatic carbocycles. The summed E-state index contributed by atoms with van der Waals surface area (Å²) in [5.74, 6) is 0.888. The molecular formula is C14H9N4O+. The minimum Gasteiger partial charge on any atom is -0.396 e. The van der Waals surface area contributed by atoms with E-state index in [9.17, 15) is 0 Å². The lowest BCUT2D eigenvalue weighted by molar-refractivity contribution is -0.649. The molecule has 5 heterocycles. The molecule has 19 heavy (non-hydrogen) atoms. The van der Waals surface area contributed by atoms with Crippen LogP contribution in [0.4, 0.5) is 0 Å². The molecule has 0 saturated heterocycles. The molecular weight excluding hydrogens is 240 g/mol. The van der Waals surface area contributed by atoms with Crippen molar-refractivity contribution in [2.24, 2.45) is 0 Å². The van der Waals surface area contributed by atoms with E-state index < -0.39 is 0 Å². The van der Waals surface area contributed by atoms with Gasteiger partial charge in [0.15, 0.2) is 6.54 Å². The summed E-state index contributed by atoms with van der Waals surface area (Å²) >= 11 is 0. The second kappa shape index (κ2) is 3.00. The van der Waals surface area contributed by atoms with E-state index in [2.05, 4.69) is 20.6 Å². The van der Waals surface area contributed by atoms with Gasteiger partial charge in [-0.1, -0.05) is 0 Å². The van der Waals surface area contributed by atoms with Crippen LogP contribution in [-0.2, 0) is 6.54 Å². The molecule has 0 atom stereocenters. The minimum atomic E-state index is 0.757. The SMILES string of the molecule is c1cnc2c(c1)-c1oc3cn4ccncc4c3[n+]1C2. The summed E-state index contributed by atoms with van der Waals surface area (Å²) in [6.45, 7) is 0.757. The molecule has 5 nitrogen and oxygen atoms in total. The predicted octanol–water partition coefficient (Wildman–Crippen LogP) is 1.79. The van der Waals surface area contributed by atoms with E-state index in [1.54, 1.807) is 6.20 Å². The molecule has 0 spiro atoms. The summed E-state index contributed by atoms with van der Waals surface area (Å²) < 4.78 is 10.2. The highest BCUT2D eigenvalue weighted by Gasteiger charge is 2.36. The highest BCUT2D eigenvalue weighted by Crippen LogP contribution is 2.31. The van der Waals surface area contributed by atoms with Crippen molar-refractivity contribution in [1.29, 1.82) is 0 Å². The van der Waals surface area contributed by atoms with E-state index in [4.69, 9.17) is 4.42 Å². The lowest BCUT2D eigenvalue weighted by atomic mass is 10.2.